The molecule has 0 aromatic heterocycles. The number of hydrogen-bond donors (Lipinski definition) is 1. The first-order chi connectivity index (χ1) is 8.87. The number of rotatable bonds is 4. The number of sulfonamides is 1. The average molecular weight is 284 g/mol. The zero-order chi connectivity index (χ0) is 14.0. The Kier molecular flexibility index (Phi) is 3.77. The number of hydrogen-bond acceptors (Lipinski definition) is 4. The van der Waals surface area contributed by atoms with E-state index in [-0.39, 0.29) is 12.5 Å². The van der Waals surface area contributed by atoms with Crippen LogP contribution >= 0.6 is 0 Å². The van der Waals surface area contributed by atoms with Crippen molar-refractivity contribution >= 4 is 21.6 Å². The van der Waals surface area contributed by atoms with E-state index < -0.39 is 10.0 Å². The Morgan fingerprint density at radius 3 is 2.84 bits per heavy atom. The zero-order valence-corrected chi connectivity index (χ0v) is 11.7. The van der Waals surface area contributed by atoms with Gasteiger partial charge in [0.1, 0.15) is 5.75 Å². The molecule has 1 aromatic rings. The molecule has 2 rings (SSSR count). The molecule has 1 aromatic carbocycles. The smallest absolute Gasteiger partial charge is 0.264 e. The van der Waals surface area contributed by atoms with E-state index >= 15 is 0 Å². The Balaban J connectivity index is 2.10. The lowest BCUT2D eigenvalue weighted by Gasteiger charge is -2.26. The summed E-state index contributed by atoms with van der Waals surface area (Å²) < 4.78 is 29.7. The number of carbonyl (C=O) groups excluding carboxylic acids is 1. The molecule has 0 radical (unpaired) electrons. The summed E-state index contributed by atoms with van der Waals surface area (Å²) in [4.78, 5) is 13.1. The van der Waals surface area contributed by atoms with Gasteiger partial charge in [-0.15, -0.1) is 0 Å². The number of nitrogens with one attached hydrogen (secondary N) is 1. The normalized spacial score (nSPS) is 15.1. The summed E-state index contributed by atoms with van der Waals surface area (Å²) in [5, 5.41) is 0. The van der Waals surface area contributed by atoms with E-state index in [1.165, 1.54) is 0 Å². The third kappa shape index (κ3) is 3.45. The number of anilines is 1. The highest BCUT2D eigenvalue weighted by Crippen LogP contribution is 2.31. The topological polar surface area (TPSA) is 75.7 Å². The molecule has 0 spiro atoms. The van der Waals surface area contributed by atoms with Crippen LogP contribution in [0.3, 0.4) is 0 Å². The van der Waals surface area contributed by atoms with Gasteiger partial charge in [-0.1, -0.05) is 6.07 Å². The van der Waals surface area contributed by atoms with Gasteiger partial charge < -0.3 is 9.64 Å². The Hall–Kier alpha value is -1.60. The van der Waals surface area contributed by atoms with Crippen molar-refractivity contribution in [2.45, 2.75) is 6.42 Å². The molecular formula is C12H16N2O4S. The van der Waals surface area contributed by atoms with E-state index in [0.717, 1.165) is 11.8 Å². The first kappa shape index (κ1) is 13.8. The van der Waals surface area contributed by atoms with Crippen molar-refractivity contribution in [2.24, 2.45) is 0 Å². The third-order valence-electron chi connectivity index (χ3n) is 2.89. The Bertz CT molecular complexity index is 598. The second-order valence-corrected chi connectivity index (χ2v) is 6.29. The maximum Gasteiger partial charge on any atom is 0.264 e. The summed E-state index contributed by atoms with van der Waals surface area (Å²) in [7, 11) is -1.47. The fourth-order valence-corrected chi connectivity index (χ4v) is 2.33. The molecule has 0 saturated heterocycles. The van der Waals surface area contributed by atoms with Crippen LogP contribution in [0.25, 0.3) is 0 Å². The highest BCUT2D eigenvalue weighted by atomic mass is 32.2. The maximum absolute atomic E-state index is 11.5. The molecule has 0 aliphatic carbocycles. The Morgan fingerprint density at radius 1 is 1.42 bits per heavy atom. The molecule has 7 heteroatoms. The molecular weight excluding hydrogens is 268 g/mol. The molecule has 6 nitrogen and oxygen atoms in total. The van der Waals surface area contributed by atoms with E-state index in [1.54, 1.807) is 18.0 Å². The van der Waals surface area contributed by atoms with Crippen molar-refractivity contribution in [3.8, 4) is 5.75 Å². The van der Waals surface area contributed by atoms with Crippen LogP contribution in [0.1, 0.15) is 5.56 Å². The maximum atomic E-state index is 11.5. The van der Waals surface area contributed by atoms with Crippen LogP contribution in [0.4, 0.5) is 5.69 Å². The summed E-state index contributed by atoms with van der Waals surface area (Å²) in [5.41, 5.74) is 1.66. The van der Waals surface area contributed by atoms with Gasteiger partial charge in [-0.05, 0) is 24.1 Å². The van der Waals surface area contributed by atoms with Crippen LogP contribution in [-0.4, -0.2) is 40.8 Å². The minimum Gasteiger partial charge on any atom is -0.482 e. The molecule has 1 heterocycles. The van der Waals surface area contributed by atoms with Crippen molar-refractivity contribution in [1.29, 1.82) is 0 Å². The lowest BCUT2D eigenvalue weighted by atomic mass is 10.1. The predicted molar refractivity (Wildman–Crippen MR) is 71.9 cm³/mol. The quantitative estimate of drug-likeness (QED) is 0.853. The lowest BCUT2D eigenvalue weighted by molar-refractivity contribution is -0.120. The van der Waals surface area contributed by atoms with Gasteiger partial charge in [-0.2, -0.15) is 0 Å². The monoisotopic (exact) mass is 284 g/mol. The van der Waals surface area contributed by atoms with E-state index in [9.17, 15) is 13.2 Å². The highest BCUT2D eigenvalue weighted by Gasteiger charge is 2.22. The van der Waals surface area contributed by atoms with Gasteiger partial charge in [-0.25, -0.2) is 13.1 Å². The van der Waals surface area contributed by atoms with Gasteiger partial charge in [0, 0.05) is 13.6 Å². The molecule has 0 saturated carbocycles. The van der Waals surface area contributed by atoms with Gasteiger partial charge >= 0.3 is 0 Å². The molecule has 1 N–H and O–H groups in total. The molecule has 19 heavy (non-hydrogen) atoms. The lowest BCUT2D eigenvalue weighted by Crippen LogP contribution is -2.35. The van der Waals surface area contributed by atoms with Gasteiger partial charge in [0.15, 0.2) is 6.61 Å². The second-order valence-electron chi connectivity index (χ2n) is 4.46. The largest absolute Gasteiger partial charge is 0.482 e. The van der Waals surface area contributed by atoms with Crippen LogP contribution in [0.15, 0.2) is 18.2 Å². The molecule has 0 bridgehead atoms. The van der Waals surface area contributed by atoms with Gasteiger partial charge in [-0.3, -0.25) is 4.79 Å². The molecule has 0 atom stereocenters. The number of amides is 1. The molecule has 0 fully saturated rings. The molecule has 0 unspecified atom stereocenters. The minimum atomic E-state index is -3.17. The van der Waals surface area contributed by atoms with Crippen LogP contribution in [-0.2, 0) is 21.2 Å². The number of ether oxygens (including phenoxy) is 1. The summed E-state index contributed by atoms with van der Waals surface area (Å²) in [6.45, 7) is 0.384. The summed E-state index contributed by atoms with van der Waals surface area (Å²) in [5.74, 6) is 0.570. The summed E-state index contributed by atoms with van der Waals surface area (Å²) in [6, 6.07) is 5.51. The third-order valence-corrected chi connectivity index (χ3v) is 3.62. The fraction of sp³-hybridized carbons (Fsp3) is 0.417. The van der Waals surface area contributed by atoms with E-state index in [0.29, 0.717) is 24.4 Å². The van der Waals surface area contributed by atoms with Crippen molar-refractivity contribution in [3.05, 3.63) is 23.8 Å². The fourth-order valence-electron chi connectivity index (χ4n) is 1.85. The second kappa shape index (κ2) is 5.18. The van der Waals surface area contributed by atoms with Gasteiger partial charge in [0.25, 0.3) is 5.91 Å². The van der Waals surface area contributed by atoms with Crippen LogP contribution in [0.2, 0.25) is 0 Å². The standard InChI is InChI=1S/C12H16N2O4S/c1-14-10-7-9(5-6-13-19(2,16)17)3-4-11(10)18-8-12(14)15/h3-4,7,13H,5-6,8H2,1-2H3. The van der Waals surface area contributed by atoms with Crippen LogP contribution in [0.5, 0.6) is 5.75 Å². The van der Waals surface area contributed by atoms with E-state index in [1.807, 2.05) is 12.1 Å². The number of benzene rings is 1. The minimum absolute atomic E-state index is 0.0540. The van der Waals surface area contributed by atoms with Crippen LogP contribution in [0, 0.1) is 0 Å². The Morgan fingerprint density at radius 2 is 2.16 bits per heavy atom. The van der Waals surface area contributed by atoms with Gasteiger partial charge in [0.05, 0.1) is 11.9 Å². The van der Waals surface area contributed by atoms with E-state index in [4.69, 9.17) is 4.74 Å². The zero-order valence-electron chi connectivity index (χ0n) is 10.8. The van der Waals surface area contributed by atoms with Crippen molar-refractivity contribution in [1.82, 2.24) is 4.72 Å². The van der Waals surface area contributed by atoms with Crippen molar-refractivity contribution < 1.29 is 17.9 Å². The first-order valence-corrected chi connectivity index (χ1v) is 7.73. The van der Waals surface area contributed by atoms with E-state index in [2.05, 4.69) is 4.72 Å². The number of nitrogens with zero attached hydrogens (tertiary/aromatic N) is 1. The number of likely N-dealkylation sites (N-methyl/N-ethyl adjacent to an activating group) is 1. The van der Waals surface area contributed by atoms with Crippen molar-refractivity contribution in [2.75, 3.05) is 31.4 Å². The Labute approximate surface area is 112 Å². The predicted octanol–water partition coefficient (Wildman–Crippen LogP) is 0.134. The van der Waals surface area contributed by atoms with Crippen LogP contribution < -0.4 is 14.4 Å². The summed E-state index contributed by atoms with van der Waals surface area (Å²) in [6.07, 6.45) is 1.68. The number of fused-ring (bicyclic) bond motifs is 1. The highest BCUT2D eigenvalue weighted by molar-refractivity contribution is 7.88. The molecule has 1 amide bonds. The number of carbonyl (C=O) groups is 1. The molecule has 1 aliphatic rings. The average Bonchev–Trinajstić information content (AvgIpc) is 2.33. The van der Waals surface area contributed by atoms with Gasteiger partial charge in [0.2, 0.25) is 10.0 Å². The first-order valence-electron chi connectivity index (χ1n) is 5.84. The molecule has 1 aliphatic heterocycles. The molecule has 104 valence electrons. The SMILES string of the molecule is CN1C(=O)COc2ccc(CCNS(C)(=O)=O)cc21. The summed E-state index contributed by atoms with van der Waals surface area (Å²) >= 11 is 0. The van der Waals surface area contributed by atoms with Crippen molar-refractivity contribution in [3.63, 3.8) is 0 Å².